The van der Waals surface area contributed by atoms with Crippen molar-refractivity contribution in [2.24, 2.45) is 0 Å². The minimum atomic E-state index is 0.630. The molecule has 0 spiro atoms. The molecule has 0 unspecified atom stereocenters. The molecule has 0 atom stereocenters. The van der Waals surface area contributed by atoms with Crippen molar-refractivity contribution in [2.45, 2.75) is 18.4 Å². The third kappa shape index (κ3) is 4.65. The fourth-order valence-electron chi connectivity index (χ4n) is 3.55. The molecule has 1 aliphatic heterocycles. The molecule has 0 N–H and O–H groups in total. The van der Waals surface area contributed by atoms with Gasteiger partial charge in [-0.05, 0) is 42.8 Å². The fourth-order valence-corrected chi connectivity index (χ4v) is 4.80. The molecule has 3 aromatic rings. The summed E-state index contributed by atoms with van der Waals surface area (Å²) in [7, 11) is 2.09. The Morgan fingerprint density at radius 1 is 1.07 bits per heavy atom. The third-order valence-electron chi connectivity index (χ3n) is 5.12. The van der Waals surface area contributed by atoms with Gasteiger partial charge in [0.05, 0.1) is 29.3 Å². The highest BCUT2D eigenvalue weighted by atomic mass is 35.5. The van der Waals surface area contributed by atoms with Crippen LogP contribution in [0.15, 0.2) is 64.7 Å². The summed E-state index contributed by atoms with van der Waals surface area (Å²) in [5, 5.41) is 3.18. The van der Waals surface area contributed by atoms with Crippen molar-refractivity contribution < 1.29 is 14.0 Å². The van der Waals surface area contributed by atoms with E-state index >= 15 is 0 Å². The molecular weight excluding hydrogens is 416 g/mol. The van der Waals surface area contributed by atoms with E-state index in [2.05, 4.69) is 65.2 Å². The van der Waals surface area contributed by atoms with Gasteiger partial charge in [0, 0.05) is 35.7 Å². The van der Waals surface area contributed by atoms with E-state index in [0.29, 0.717) is 19.8 Å². The van der Waals surface area contributed by atoms with Gasteiger partial charge in [0.15, 0.2) is 12.7 Å². The van der Waals surface area contributed by atoms with Crippen LogP contribution in [-0.4, -0.2) is 33.5 Å². The van der Waals surface area contributed by atoms with E-state index in [1.54, 1.807) is 11.8 Å². The molecule has 4 nitrogen and oxygen atoms in total. The van der Waals surface area contributed by atoms with E-state index in [1.807, 2.05) is 19.1 Å². The molecule has 156 valence electrons. The first kappa shape index (κ1) is 21.2. The van der Waals surface area contributed by atoms with Crippen LogP contribution in [0.25, 0.3) is 17.0 Å². The minimum absolute atomic E-state index is 0.630. The molecule has 6 heteroatoms. The highest BCUT2D eigenvalue weighted by molar-refractivity contribution is 8.03. The van der Waals surface area contributed by atoms with Crippen molar-refractivity contribution in [3.8, 4) is 0 Å². The predicted molar refractivity (Wildman–Crippen MR) is 125 cm³/mol. The van der Waals surface area contributed by atoms with Crippen LogP contribution in [0.5, 0.6) is 0 Å². The van der Waals surface area contributed by atoms with Gasteiger partial charge in [0.1, 0.15) is 6.61 Å². The zero-order valence-corrected chi connectivity index (χ0v) is 18.9. The summed E-state index contributed by atoms with van der Waals surface area (Å²) in [5.74, 6) is 0. The van der Waals surface area contributed by atoms with E-state index in [9.17, 15) is 0 Å². The standard InChI is InChI=1S/C24H26ClN2O2S/c1-3-28-14-15-29-13-12-27-11-10-18(20-6-4-5-7-21(20)27)16-24-26(2)22-17-19(25)8-9-23(22)30-24/h4-11,16-17H,3,12-15H2,1-2H3/q+1. The van der Waals surface area contributed by atoms with Gasteiger partial charge in [-0.1, -0.05) is 35.5 Å². The van der Waals surface area contributed by atoms with Gasteiger partial charge in [-0.3, -0.25) is 0 Å². The van der Waals surface area contributed by atoms with Gasteiger partial charge in [0.25, 0.3) is 0 Å². The van der Waals surface area contributed by atoms with Gasteiger partial charge in [0.2, 0.25) is 5.52 Å². The first-order valence-electron chi connectivity index (χ1n) is 10.2. The second-order valence-corrected chi connectivity index (χ2v) is 8.55. The van der Waals surface area contributed by atoms with Crippen molar-refractivity contribution in [2.75, 3.05) is 38.4 Å². The first-order valence-corrected chi connectivity index (χ1v) is 11.4. The number of thioether (sulfide) groups is 1. The highest BCUT2D eigenvalue weighted by Crippen LogP contribution is 2.46. The molecule has 0 radical (unpaired) electrons. The Morgan fingerprint density at radius 3 is 2.77 bits per heavy atom. The summed E-state index contributed by atoms with van der Waals surface area (Å²) in [6.45, 7) is 5.47. The van der Waals surface area contributed by atoms with Gasteiger partial charge < -0.3 is 14.4 Å². The predicted octanol–water partition coefficient (Wildman–Crippen LogP) is 5.37. The van der Waals surface area contributed by atoms with Gasteiger partial charge in [-0.15, -0.1) is 0 Å². The third-order valence-corrected chi connectivity index (χ3v) is 6.52. The van der Waals surface area contributed by atoms with E-state index in [1.165, 1.54) is 26.4 Å². The Balaban J connectivity index is 1.55. The molecule has 4 rings (SSSR count). The highest BCUT2D eigenvalue weighted by Gasteiger charge is 2.23. The van der Waals surface area contributed by atoms with Crippen molar-refractivity contribution >= 4 is 46.0 Å². The van der Waals surface area contributed by atoms with E-state index in [0.717, 1.165) is 23.9 Å². The zero-order chi connectivity index (χ0) is 20.9. The van der Waals surface area contributed by atoms with E-state index in [-0.39, 0.29) is 0 Å². The number of rotatable bonds is 8. The summed E-state index contributed by atoms with van der Waals surface area (Å²) in [6, 6.07) is 16.7. The summed E-state index contributed by atoms with van der Waals surface area (Å²) in [5.41, 5.74) is 3.55. The summed E-state index contributed by atoms with van der Waals surface area (Å²) in [6.07, 6.45) is 4.40. The van der Waals surface area contributed by atoms with Crippen LogP contribution in [0.4, 0.5) is 5.69 Å². The molecule has 0 saturated carbocycles. The Morgan fingerprint density at radius 2 is 1.90 bits per heavy atom. The average Bonchev–Trinajstić information content (AvgIpc) is 3.06. The number of nitrogens with zero attached hydrogens (tertiary/aromatic N) is 2. The average molecular weight is 442 g/mol. The monoisotopic (exact) mass is 441 g/mol. The first-order chi connectivity index (χ1) is 14.7. The van der Waals surface area contributed by atoms with Crippen LogP contribution in [-0.2, 0) is 16.0 Å². The summed E-state index contributed by atoms with van der Waals surface area (Å²) >= 11 is 7.97. The molecule has 30 heavy (non-hydrogen) atoms. The number of aromatic nitrogens is 1. The quantitative estimate of drug-likeness (QED) is 0.346. The van der Waals surface area contributed by atoms with Crippen LogP contribution in [0.1, 0.15) is 12.5 Å². The Kier molecular flexibility index (Phi) is 6.95. The molecule has 2 aromatic carbocycles. The topological polar surface area (TPSA) is 25.6 Å². The summed E-state index contributed by atoms with van der Waals surface area (Å²) in [4.78, 5) is 3.43. The lowest BCUT2D eigenvalue weighted by atomic mass is 10.1. The largest absolute Gasteiger partial charge is 0.379 e. The maximum Gasteiger partial charge on any atom is 0.213 e. The molecule has 1 aliphatic rings. The molecular formula is C24H26ClN2O2S+. The number of para-hydroxylation sites is 1. The molecule has 1 aromatic heterocycles. The zero-order valence-electron chi connectivity index (χ0n) is 17.3. The number of hydrogen-bond donors (Lipinski definition) is 0. The Hall–Kier alpha value is -2.05. The smallest absolute Gasteiger partial charge is 0.213 e. The van der Waals surface area contributed by atoms with Crippen LogP contribution in [0.2, 0.25) is 5.02 Å². The number of fused-ring (bicyclic) bond motifs is 2. The number of halogens is 1. The lowest BCUT2D eigenvalue weighted by molar-refractivity contribution is -0.673. The molecule has 0 fully saturated rings. The molecule has 0 saturated heterocycles. The lowest BCUT2D eigenvalue weighted by Crippen LogP contribution is -2.36. The van der Waals surface area contributed by atoms with Crippen LogP contribution < -0.4 is 9.47 Å². The fraction of sp³-hybridized carbons (Fsp3) is 0.292. The van der Waals surface area contributed by atoms with Crippen LogP contribution >= 0.6 is 23.4 Å². The number of benzene rings is 2. The Labute approximate surface area is 187 Å². The maximum atomic E-state index is 6.19. The maximum absolute atomic E-state index is 6.19. The number of anilines is 1. The molecule has 2 heterocycles. The SMILES string of the molecule is CCOCCOCC[n+]1ccc(/C=C2/Sc3ccc(Cl)cc3N2C)c2ccccc21. The van der Waals surface area contributed by atoms with Gasteiger partial charge >= 0.3 is 0 Å². The second-order valence-electron chi connectivity index (χ2n) is 7.05. The normalized spacial score (nSPS) is 14.6. The molecule has 0 amide bonds. The van der Waals surface area contributed by atoms with Crippen molar-refractivity contribution in [1.29, 1.82) is 0 Å². The Bertz CT molecular complexity index is 1070. The van der Waals surface area contributed by atoms with Crippen molar-refractivity contribution in [1.82, 2.24) is 0 Å². The molecule has 0 bridgehead atoms. The van der Waals surface area contributed by atoms with E-state index < -0.39 is 0 Å². The number of pyridine rings is 1. The lowest BCUT2D eigenvalue weighted by Gasteiger charge is -2.14. The van der Waals surface area contributed by atoms with Gasteiger partial charge in [-0.2, -0.15) is 4.57 Å². The molecule has 0 aliphatic carbocycles. The van der Waals surface area contributed by atoms with Gasteiger partial charge in [-0.25, -0.2) is 0 Å². The minimum Gasteiger partial charge on any atom is -0.379 e. The van der Waals surface area contributed by atoms with Crippen LogP contribution in [0.3, 0.4) is 0 Å². The summed E-state index contributed by atoms with van der Waals surface area (Å²) < 4.78 is 13.3. The van der Waals surface area contributed by atoms with Crippen LogP contribution in [0, 0.1) is 0 Å². The van der Waals surface area contributed by atoms with E-state index in [4.69, 9.17) is 21.1 Å². The van der Waals surface area contributed by atoms with Crippen molar-refractivity contribution in [3.63, 3.8) is 0 Å². The number of hydrogen-bond acceptors (Lipinski definition) is 4. The second kappa shape index (κ2) is 9.84. The number of ether oxygens (including phenoxy) is 2. The van der Waals surface area contributed by atoms with Crippen molar-refractivity contribution in [3.05, 3.63) is 70.3 Å².